The second kappa shape index (κ2) is 4.81. The molecule has 0 atom stereocenters. The summed E-state index contributed by atoms with van der Waals surface area (Å²) in [6.45, 7) is 4.40. The van der Waals surface area contributed by atoms with Crippen LogP contribution in [0, 0.1) is 11.8 Å². The van der Waals surface area contributed by atoms with Crippen LogP contribution in [-0.4, -0.2) is 19.3 Å². The Labute approximate surface area is 109 Å². The van der Waals surface area contributed by atoms with Gasteiger partial charge < -0.3 is 14.6 Å². The SMILES string of the molecule is COc1cccc(OC)c1C1(O)CC(C(C)C)C1. The van der Waals surface area contributed by atoms with Gasteiger partial charge in [0.2, 0.25) is 0 Å². The monoisotopic (exact) mass is 250 g/mol. The van der Waals surface area contributed by atoms with Crippen LogP contribution in [0.5, 0.6) is 11.5 Å². The zero-order valence-corrected chi connectivity index (χ0v) is 11.6. The molecule has 3 nitrogen and oxygen atoms in total. The largest absolute Gasteiger partial charge is 0.496 e. The van der Waals surface area contributed by atoms with E-state index in [1.54, 1.807) is 14.2 Å². The molecule has 1 saturated carbocycles. The van der Waals surface area contributed by atoms with E-state index >= 15 is 0 Å². The predicted molar refractivity (Wildman–Crippen MR) is 71.0 cm³/mol. The molecule has 0 heterocycles. The topological polar surface area (TPSA) is 38.7 Å². The Bertz CT molecular complexity index is 397. The maximum absolute atomic E-state index is 10.8. The van der Waals surface area contributed by atoms with Gasteiger partial charge in [0.05, 0.1) is 25.4 Å². The number of hydrogen-bond donors (Lipinski definition) is 1. The van der Waals surface area contributed by atoms with Crippen LogP contribution in [0.4, 0.5) is 0 Å². The lowest BCUT2D eigenvalue weighted by molar-refractivity contribution is -0.0957. The summed E-state index contributed by atoms with van der Waals surface area (Å²) in [4.78, 5) is 0. The van der Waals surface area contributed by atoms with Gasteiger partial charge in [-0.05, 0) is 36.8 Å². The highest BCUT2D eigenvalue weighted by atomic mass is 16.5. The van der Waals surface area contributed by atoms with Crippen LogP contribution in [0.3, 0.4) is 0 Å². The summed E-state index contributed by atoms with van der Waals surface area (Å²) in [5.41, 5.74) is -0.000671. The average molecular weight is 250 g/mol. The summed E-state index contributed by atoms with van der Waals surface area (Å²) < 4.78 is 10.7. The van der Waals surface area contributed by atoms with Crippen LogP contribution in [0.1, 0.15) is 32.3 Å². The highest BCUT2D eigenvalue weighted by Crippen LogP contribution is 2.53. The summed E-state index contributed by atoms with van der Waals surface area (Å²) in [7, 11) is 3.25. The first-order valence-corrected chi connectivity index (χ1v) is 6.45. The Kier molecular flexibility index (Phi) is 3.53. The van der Waals surface area contributed by atoms with Crippen molar-refractivity contribution in [3.05, 3.63) is 23.8 Å². The molecule has 1 N–H and O–H groups in total. The van der Waals surface area contributed by atoms with Crippen molar-refractivity contribution in [1.82, 2.24) is 0 Å². The van der Waals surface area contributed by atoms with Gasteiger partial charge >= 0.3 is 0 Å². The number of rotatable bonds is 4. The first kappa shape index (κ1) is 13.2. The minimum absolute atomic E-state index is 0.574. The molecule has 0 aromatic heterocycles. The third kappa shape index (κ3) is 2.07. The summed E-state index contributed by atoms with van der Waals surface area (Å²) in [6, 6.07) is 5.63. The van der Waals surface area contributed by atoms with Crippen molar-refractivity contribution in [3.8, 4) is 11.5 Å². The van der Waals surface area contributed by atoms with Gasteiger partial charge in [-0.15, -0.1) is 0 Å². The van der Waals surface area contributed by atoms with E-state index in [0.29, 0.717) is 23.3 Å². The van der Waals surface area contributed by atoms with E-state index in [9.17, 15) is 5.11 Å². The standard InChI is InChI=1S/C15H22O3/c1-10(2)11-8-15(16,9-11)14-12(17-3)6-5-7-13(14)18-4/h5-7,10-11,16H,8-9H2,1-4H3. The Morgan fingerprint density at radius 2 is 1.67 bits per heavy atom. The molecule has 1 fully saturated rings. The molecule has 18 heavy (non-hydrogen) atoms. The number of aliphatic hydroxyl groups is 1. The van der Waals surface area contributed by atoms with Crippen molar-refractivity contribution in [2.75, 3.05) is 14.2 Å². The number of hydrogen-bond acceptors (Lipinski definition) is 3. The molecule has 0 spiro atoms. The van der Waals surface area contributed by atoms with E-state index in [1.807, 2.05) is 18.2 Å². The van der Waals surface area contributed by atoms with E-state index in [-0.39, 0.29) is 0 Å². The lowest BCUT2D eigenvalue weighted by Gasteiger charge is -2.46. The average Bonchev–Trinajstić information content (AvgIpc) is 2.33. The third-order valence-corrected chi connectivity index (χ3v) is 4.04. The summed E-state index contributed by atoms with van der Waals surface area (Å²) in [5.74, 6) is 2.59. The van der Waals surface area contributed by atoms with Crippen LogP contribution in [0.15, 0.2) is 18.2 Å². The lowest BCUT2D eigenvalue weighted by Crippen LogP contribution is -2.43. The fourth-order valence-corrected chi connectivity index (χ4v) is 2.79. The van der Waals surface area contributed by atoms with Gasteiger partial charge in [0, 0.05) is 0 Å². The fraction of sp³-hybridized carbons (Fsp3) is 0.600. The van der Waals surface area contributed by atoms with Crippen molar-refractivity contribution in [1.29, 1.82) is 0 Å². The molecule has 1 aromatic carbocycles. The second-order valence-corrected chi connectivity index (χ2v) is 5.48. The highest BCUT2D eigenvalue weighted by molar-refractivity contribution is 5.49. The van der Waals surface area contributed by atoms with E-state index in [2.05, 4.69) is 13.8 Å². The van der Waals surface area contributed by atoms with Crippen LogP contribution in [0.2, 0.25) is 0 Å². The first-order valence-electron chi connectivity index (χ1n) is 6.45. The normalized spacial score (nSPS) is 26.9. The molecule has 0 amide bonds. The number of ether oxygens (including phenoxy) is 2. The maximum Gasteiger partial charge on any atom is 0.128 e. The molecule has 0 saturated heterocycles. The van der Waals surface area contributed by atoms with Crippen molar-refractivity contribution >= 4 is 0 Å². The molecule has 0 unspecified atom stereocenters. The van der Waals surface area contributed by atoms with Crippen molar-refractivity contribution in [2.24, 2.45) is 11.8 Å². The molecule has 0 bridgehead atoms. The van der Waals surface area contributed by atoms with Gasteiger partial charge in [-0.3, -0.25) is 0 Å². The molecule has 1 aliphatic rings. The molecule has 100 valence electrons. The summed E-state index contributed by atoms with van der Waals surface area (Å²) in [5, 5.41) is 10.8. The Balaban J connectivity index is 2.33. The summed E-state index contributed by atoms with van der Waals surface area (Å²) >= 11 is 0. The Morgan fingerprint density at radius 3 is 2.06 bits per heavy atom. The van der Waals surface area contributed by atoms with Gasteiger partial charge in [-0.2, -0.15) is 0 Å². The molecule has 1 aromatic rings. The minimum Gasteiger partial charge on any atom is -0.496 e. The molecule has 2 rings (SSSR count). The van der Waals surface area contributed by atoms with E-state index < -0.39 is 5.60 Å². The van der Waals surface area contributed by atoms with Crippen LogP contribution >= 0.6 is 0 Å². The number of benzene rings is 1. The van der Waals surface area contributed by atoms with Gasteiger partial charge in [0.15, 0.2) is 0 Å². The van der Waals surface area contributed by atoms with E-state index in [4.69, 9.17) is 9.47 Å². The van der Waals surface area contributed by atoms with Gasteiger partial charge in [-0.1, -0.05) is 19.9 Å². The van der Waals surface area contributed by atoms with Crippen molar-refractivity contribution in [3.63, 3.8) is 0 Å². The molecule has 0 radical (unpaired) electrons. The molecule has 3 heteroatoms. The Morgan fingerprint density at radius 1 is 1.17 bits per heavy atom. The van der Waals surface area contributed by atoms with Gasteiger partial charge in [0.1, 0.15) is 11.5 Å². The molecule has 1 aliphatic carbocycles. The minimum atomic E-state index is -0.799. The van der Waals surface area contributed by atoms with E-state index in [1.165, 1.54) is 0 Å². The summed E-state index contributed by atoms with van der Waals surface area (Å²) in [6.07, 6.45) is 1.56. The third-order valence-electron chi connectivity index (χ3n) is 4.04. The Hall–Kier alpha value is -1.22. The lowest BCUT2D eigenvalue weighted by atomic mass is 9.63. The zero-order chi connectivity index (χ0) is 13.3. The predicted octanol–water partition coefficient (Wildman–Crippen LogP) is 2.96. The first-order chi connectivity index (χ1) is 8.51. The maximum atomic E-state index is 10.8. The van der Waals surface area contributed by atoms with Crippen molar-refractivity contribution < 1.29 is 14.6 Å². The van der Waals surface area contributed by atoms with Gasteiger partial charge in [0.25, 0.3) is 0 Å². The second-order valence-electron chi connectivity index (χ2n) is 5.48. The molecular weight excluding hydrogens is 228 g/mol. The van der Waals surface area contributed by atoms with E-state index in [0.717, 1.165) is 18.4 Å². The zero-order valence-electron chi connectivity index (χ0n) is 11.6. The number of methoxy groups -OCH3 is 2. The molecule has 0 aliphatic heterocycles. The van der Waals surface area contributed by atoms with Crippen LogP contribution in [0.25, 0.3) is 0 Å². The van der Waals surface area contributed by atoms with Crippen LogP contribution < -0.4 is 9.47 Å². The van der Waals surface area contributed by atoms with Gasteiger partial charge in [-0.25, -0.2) is 0 Å². The molecular formula is C15H22O3. The van der Waals surface area contributed by atoms with Crippen LogP contribution in [-0.2, 0) is 5.60 Å². The smallest absolute Gasteiger partial charge is 0.128 e. The fourth-order valence-electron chi connectivity index (χ4n) is 2.79. The quantitative estimate of drug-likeness (QED) is 0.893. The highest BCUT2D eigenvalue weighted by Gasteiger charge is 2.48. The van der Waals surface area contributed by atoms with Crippen molar-refractivity contribution in [2.45, 2.75) is 32.3 Å².